The van der Waals surface area contributed by atoms with Crippen molar-refractivity contribution in [1.29, 1.82) is 0 Å². The van der Waals surface area contributed by atoms with E-state index in [2.05, 4.69) is 26.6 Å². The third-order valence-corrected chi connectivity index (χ3v) is 2.70. The summed E-state index contributed by atoms with van der Waals surface area (Å²) < 4.78 is 0. The van der Waals surface area contributed by atoms with E-state index >= 15 is 0 Å². The summed E-state index contributed by atoms with van der Waals surface area (Å²) in [7, 11) is 0. The van der Waals surface area contributed by atoms with E-state index in [0.717, 1.165) is 52.4 Å². The number of nitrogens with one attached hydrogen (secondary N) is 5. The van der Waals surface area contributed by atoms with Crippen LogP contribution in [0.3, 0.4) is 0 Å². The number of hydrogen-bond donors (Lipinski definition) is 6. The summed E-state index contributed by atoms with van der Waals surface area (Å²) in [5, 5.41) is 16.0. The molecular formula is C13H32N6O. The summed E-state index contributed by atoms with van der Waals surface area (Å²) in [6.45, 7) is 10.7. The van der Waals surface area contributed by atoms with Gasteiger partial charge in [0, 0.05) is 71.9 Å². The molecule has 0 bridgehead atoms. The van der Waals surface area contributed by atoms with Crippen LogP contribution < -0.4 is 32.3 Å². The van der Waals surface area contributed by atoms with Crippen LogP contribution in [0.2, 0.25) is 0 Å². The molecule has 0 rings (SSSR count). The molecule has 0 aromatic rings. The smallest absolute Gasteiger partial charge is 0.219 e. The van der Waals surface area contributed by atoms with Gasteiger partial charge in [0.25, 0.3) is 0 Å². The molecule has 1 amide bonds. The predicted octanol–water partition coefficient (Wildman–Crippen LogP) is -2.17. The molecule has 0 heterocycles. The Labute approximate surface area is 122 Å². The molecule has 0 atom stereocenters. The van der Waals surface area contributed by atoms with Crippen LogP contribution in [0.4, 0.5) is 0 Å². The number of carbonyl (C=O) groups excluding carboxylic acids is 1. The fourth-order valence-corrected chi connectivity index (χ4v) is 1.55. The van der Waals surface area contributed by atoms with Gasteiger partial charge >= 0.3 is 0 Å². The Kier molecular flexibility index (Phi) is 15.7. The maximum absolute atomic E-state index is 11.0. The molecule has 0 saturated heterocycles. The Morgan fingerprint density at radius 1 is 0.750 bits per heavy atom. The first-order chi connectivity index (χ1) is 9.81. The standard InChI is InChI=1S/C13H32N6O/c1-2-13(20)19-12-11-18-10-9-17-8-7-16-6-5-15-4-3-14/h15-18H,2-12,14H2,1H3,(H,19,20). The van der Waals surface area contributed by atoms with Crippen molar-refractivity contribution in [2.45, 2.75) is 13.3 Å². The first-order valence-electron chi connectivity index (χ1n) is 7.61. The molecule has 7 nitrogen and oxygen atoms in total. The zero-order chi connectivity index (χ0) is 14.9. The van der Waals surface area contributed by atoms with Crippen molar-refractivity contribution in [2.75, 3.05) is 65.4 Å². The highest BCUT2D eigenvalue weighted by molar-refractivity contribution is 5.75. The van der Waals surface area contributed by atoms with Crippen LogP contribution in [0.1, 0.15) is 13.3 Å². The van der Waals surface area contributed by atoms with Crippen molar-refractivity contribution >= 4 is 5.91 Å². The van der Waals surface area contributed by atoms with Crippen molar-refractivity contribution in [3.05, 3.63) is 0 Å². The first-order valence-corrected chi connectivity index (χ1v) is 7.61. The fourth-order valence-electron chi connectivity index (χ4n) is 1.55. The van der Waals surface area contributed by atoms with Gasteiger partial charge in [0.1, 0.15) is 0 Å². The van der Waals surface area contributed by atoms with Gasteiger partial charge in [-0.25, -0.2) is 0 Å². The van der Waals surface area contributed by atoms with Crippen LogP contribution in [0, 0.1) is 0 Å². The Bertz CT molecular complexity index is 215. The molecule has 0 aliphatic heterocycles. The highest BCUT2D eigenvalue weighted by Gasteiger charge is 1.94. The number of rotatable bonds is 15. The van der Waals surface area contributed by atoms with Crippen LogP contribution in [0.15, 0.2) is 0 Å². The molecule has 0 aliphatic carbocycles. The third-order valence-electron chi connectivity index (χ3n) is 2.70. The highest BCUT2D eigenvalue weighted by Crippen LogP contribution is 1.72. The number of carbonyl (C=O) groups is 1. The minimum Gasteiger partial charge on any atom is -0.355 e. The van der Waals surface area contributed by atoms with Crippen molar-refractivity contribution in [1.82, 2.24) is 26.6 Å². The maximum atomic E-state index is 11.0. The summed E-state index contributed by atoms with van der Waals surface area (Å²) >= 11 is 0. The Morgan fingerprint density at radius 3 is 1.55 bits per heavy atom. The largest absolute Gasteiger partial charge is 0.355 e. The Hall–Kier alpha value is -0.730. The highest BCUT2D eigenvalue weighted by atomic mass is 16.1. The SMILES string of the molecule is CCC(=O)NCCNCCNCCNCCNCCN. The molecule has 0 aromatic carbocycles. The summed E-state index contributed by atoms with van der Waals surface area (Å²) in [6.07, 6.45) is 0.552. The van der Waals surface area contributed by atoms with E-state index in [1.54, 1.807) is 0 Å². The zero-order valence-corrected chi connectivity index (χ0v) is 12.8. The predicted molar refractivity (Wildman–Crippen MR) is 83.8 cm³/mol. The molecule has 7 N–H and O–H groups in total. The van der Waals surface area contributed by atoms with E-state index in [-0.39, 0.29) is 5.91 Å². The second-order valence-corrected chi connectivity index (χ2v) is 4.49. The maximum Gasteiger partial charge on any atom is 0.219 e. The lowest BCUT2D eigenvalue weighted by Gasteiger charge is -2.08. The topological polar surface area (TPSA) is 103 Å². The quantitative estimate of drug-likeness (QED) is 0.192. The lowest BCUT2D eigenvalue weighted by molar-refractivity contribution is -0.120. The molecule has 0 spiro atoms. The van der Waals surface area contributed by atoms with Gasteiger partial charge in [0.15, 0.2) is 0 Å². The molecule has 120 valence electrons. The summed E-state index contributed by atoms with van der Waals surface area (Å²) in [4.78, 5) is 11.0. The van der Waals surface area contributed by atoms with Crippen LogP contribution in [-0.4, -0.2) is 71.4 Å². The summed E-state index contributed by atoms with van der Waals surface area (Å²) in [5.74, 6) is 0.108. The second-order valence-electron chi connectivity index (χ2n) is 4.49. The monoisotopic (exact) mass is 288 g/mol. The normalized spacial score (nSPS) is 10.7. The average molecular weight is 288 g/mol. The summed E-state index contributed by atoms with van der Waals surface area (Å²) in [6, 6.07) is 0. The third kappa shape index (κ3) is 15.3. The molecule has 0 unspecified atom stereocenters. The van der Waals surface area contributed by atoms with E-state index in [4.69, 9.17) is 5.73 Å². The lowest BCUT2D eigenvalue weighted by atomic mass is 10.4. The average Bonchev–Trinajstić information content (AvgIpc) is 2.47. The second kappa shape index (κ2) is 16.3. The minimum absolute atomic E-state index is 0.108. The van der Waals surface area contributed by atoms with Crippen LogP contribution in [0.25, 0.3) is 0 Å². The zero-order valence-electron chi connectivity index (χ0n) is 12.8. The molecule has 0 fully saturated rings. The van der Waals surface area contributed by atoms with Crippen LogP contribution in [-0.2, 0) is 4.79 Å². The molecule has 0 saturated carbocycles. The van der Waals surface area contributed by atoms with Gasteiger partial charge in [-0.15, -0.1) is 0 Å². The summed E-state index contributed by atoms with van der Waals surface area (Å²) in [5.41, 5.74) is 5.37. The lowest BCUT2D eigenvalue weighted by Crippen LogP contribution is -2.37. The number of amides is 1. The van der Waals surface area contributed by atoms with E-state index in [1.807, 2.05) is 6.92 Å². The van der Waals surface area contributed by atoms with Gasteiger partial charge in [-0.05, 0) is 0 Å². The van der Waals surface area contributed by atoms with E-state index in [0.29, 0.717) is 19.5 Å². The molecule has 20 heavy (non-hydrogen) atoms. The fraction of sp³-hybridized carbons (Fsp3) is 0.923. The Morgan fingerprint density at radius 2 is 1.15 bits per heavy atom. The van der Waals surface area contributed by atoms with Crippen molar-refractivity contribution in [2.24, 2.45) is 5.73 Å². The minimum atomic E-state index is 0.108. The molecular weight excluding hydrogens is 256 g/mol. The van der Waals surface area contributed by atoms with Crippen molar-refractivity contribution < 1.29 is 4.79 Å². The molecule has 0 radical (unpaired) electrons. The first kappa shape index (κ1) is 19.3. The Balaban J connectivity index is 2.97. The van der Waals surface area contributed by atoms with Gasteiger partial charge in [-0.1, -0.05) is 6.92 Å². The number of hydrogen-bond acceptors (Lipinski definition) is 6. The molecule has 0 aromatic heterocycles. The van der Waals surface area contributed by atoms with Gasteiger partial charge in [0.2, 0.25) is 5.91 Å². The van der Waals surface area contributed by atoms with Crippen LogP contribution in [0.5, 0.6) is 0 Å². The van der Waals surface area contributed by atoms with Gasteiger partial charge in [-0.2, -0.15) is 0 Å². The van der Waals surface area contributed by atoms with Crippen molar-refractivity contribution in [3.8, 4) is 0 Å². The van der Waals surface area contributed by atoms with Crippen molar-refractivity contribution in [3.63, 3.8) is 0 Å². The molecule has 7 heteroatoms. The van der Waals surface area contributed by atoms with E-state index in [1.165, 1.54) is 0 Å². The van der Waals surface area contributed by atoms with E-state index in [9.17, 15) is 4.79 Å². The van der Waals surface area contributed by atoms with Crippen LogP contribution >= 0.6 is 0 Å². The van der Waals surface area contributed by atoms with Gasteiger partial charge in [-0.3, -0.25) is 4.79 Å². The van der Waals surface area contributed by atoms with E-state index < -0.39 is 0 Å². The van der Waals surface area contributed by atoms with Gasteiger partial charge < -0.3 is 32.3 Å². The molecule has 0 aliphatic rings. The number of nitrogens with two attached hydrogens (primary N) is 1. The van der Waals surface area contributed by atoms with Gasteiger partial charge in [0.05, 0.1) is 0 Å².